The number of aromatic nitrogens is 2. The van der Waals surface area contributed by atoms with E-state index in [0.717, 1.165) is 27.6 Å². The first-order valence-electron chi connectivity index (χ1n) is 6.76. The smallest absolute Gasteiger partial charge is 0.101 e. The Morgan fingerprint density at radius 1 is 1.14 bits per heavy atom. The molecule has 3 aromatic rings. The van der Waals surface area contributed by atoms with Crippen molar-refractivity contribution in [2.75, 3.05) is 0 Å². The van der Waals surface area contributed by atoms with Crippen LogP contribution in [0.25, 0.3) is 22.0 Å². The predicted molar refractivity (Wildman–Crippen MR) is 90.7 cm³/mol. The van der Waals surface area contributed by atoms with Crippen LogP contribution in [0.15, 0.2) is 42.6 Å². The number of fused-ring (bicyclic) bond motifs is 1. The van der Waals surface area contributed by atoms with Gasteiger partial charge in [0, 0.05) is 16.5 Å². The van der Waals surface area contributed by atoms with Crippen LogP contribution in [0, 0.1) is 11.3 Å². The summed E-state index contributed by atoms with van der Waals surface area (Å²) in [6.07, 6.45) is 1.69. The van der Waals surface area contributed by atoms with Gasteiger partial charge in [0.1, 0.15) is 6.07 Å². The number of nitrogens with one attached hydrogen (secondary N) is 1. The molecule has 0 unspecified atom stereocenters. The number of nitrogens with two attached hydrogens (primary N) is 1. The van der Waals surface area contributed by atoms with E-state index in [9.17, 15) is 5.26 Å². The highest BCUT2D eigenvalue weighted by atomic mass is 35.5. The van der Waals surface area contributed by atoms with Crippen LogP contribution in [0.2, 0.25) is 0 Å². The summed E-state index contributed by atoms with van der Waals surface area (Å²) in [6, 6.07) is 14.2. The van der Waals surface area contributed by atoms with E-state index in [0.29, 0.717) is 5.56 Å². The van der Waals surface area contributed by atoms with Crippen LogP contribution < -0.4 is 5.73 Å². The van der Waals surface area contributed by atoms with E-state index in [-0.39, 0.29) is 17.9 Å². The second-order valence-electron chi connectivity index (χ2n) is 5.73. The van der Waals surface area contributed by atoms with Gasteiger partial charge in [-0.05, 0) is 31.0 Å². The first kappa shape index (κ1) is 16.0. The highest BCUT2D eigenvalue weighted by Crippen LogP contribution is 2.30. The third-order valence-electron chi connectivity index (χ3n) is 3.68. The van der Waals surface area contributed by atoms with E-state index in [4.69, 9.17) is 5.73 Å². The van der Waals surface area contributed by atoms with Crippen LogP contribution in [0.4, 0.5) is 0 Å². The number of benzene rings is 2. The Kier molecular flexibility index (Phi) is 4.23. The summed E-state index contributed by atoms with van der Waals surface area (Å²) in [5, 5.41) is 17.2. The van der Waals surface area contributed by atoms with Gasteiger partial charge in [0.2, 0.25) is 0 Å². The molecule has 0 fully saturated rings. The van der Waals surface area contributed by atoms with Crippen LogP contribution in [0.5, 0.6) is 0 Å². The average molecular weight is 313 g/mol. The molecule has 4 nitrogen and oxygen atoms in total. The molecule has 0 atom stereocenters. The highest BCUT2D eigenvalue weighted by Gasteiger charge is 2.15. The number of aromatic amines is 1. The molecule has 0 spiro atoms. The Bertz CT molecular complexity index is 836. The van der Waals surface area contributed by atoms with E-state index in [2.05, 4.69) is 16.3 Å². The van der Waals surface area contributed by atoms with Gasteiger partial charge in [0.25, 0.3) is 0 Å². The van der Waals surface area contributed by atoms with Gasteiger partial charge in [-0.1, -0.05) is 30.3 Å². The Hall–Kier alpha value is -2.35. The van der Waals surface area contributed by atoms with Gasteiger partial charge in [0.15, 0.2) is 0 Å². The summed E-state index contributed by atoms with van der Waals surface area (Å²) in [5.41, 5.74) is 10.2. The first-order chi connectivity index (χ1) is 10.0. The standard InChI is InChI=1S/C17H16N4.ClH/c1-17(2,19)12-5-3-11(4-6-12)13-7-8-16-15(10-20-21-16)14(13)9-18;/h3-8,10H,19H2,1-2H3,(H,20,21);1H. The SMILES string of the molecule is CC(C)(N)c1ccc(-c2ccc3[nH]ncc3c2C#N)cc1.Cl. The number of rotatable bonds is 2. The third kappa shape index (κ3) is 2.69. The fourth-order valence-corrected chi connectivity index (χ4v) is 2.46. The normalized spacial score (nSPS) is 11.0. The van der Waals surface area contributed by atoms with Crippen LogP contribution >= 0.6 is 12.4 Å². The lowest BCUT2D eigenvalue weighted by Gasteiger charge is -2.19. The number of hydrogen-bond donors (Lipinski definition) is 2. The minimum absolute atomic E-state index is 0. The zero-order valence-electron chi connectivity index (χ0n) is 12.4. The summed E-state index contributed by atoms with van der Waals surface area (Å²) in [7, 11) is 0. The van der Waals surface area contributed by atoms with Gasteiger partial charge in [-0.3, -0.25) is 5.10 Å². The molecule has 1 aromatic heterocycles. The fourth-order valence-electron chi connectivity index (χ4n) is 2.46. The largest absolute Gasteiger partial charge is 0.322 e. The summed E-state index contributed by atoms with van der Waals surface area (Å²) in [5.74, 6) is 0. The Morgan fingerprint density at radius 2 is 1.82 bits per heavy atom. The molecule has 0 saturated carbocycles. The van der Waals surface area contributed by atoms with E-state index < -0.39 is 0 Å². The molecular formula is C17H17ClN4. The molecule has 0 aliphatic carbocycles. The van der Waals surface area contributed by atoms with Gasteiger partial charge in [0.05, 0.1) is 17.3 Å². The maximum Gasteiger partial charge on any atom is 0.101 e. The van der Waals surface area contributed by atoms with Crippen molar-refractivity contribution >= 4 is 23.3 Å². The number of halogens is 1. The molecule has 2 aromatic carbocycles. The minimum Gasteiger partial charge on any atom is -0.322 e. The maximum atomic E-state index is 9.47. The van der Waals surface area contributed by atoms with Crippen molar-refractivity contribution in [1.29, 1.82) is 5.26 Å². The van der Waals surface area contributed by atoms with Crippen molar-refractivity contribution < 1.29 is 0 Å². The Morgan fingerprint density at radius 3 is 2.41 bits per heavy atom. The highest BCUT2D eigenvalue weighted by molar-refractivity contribution is 5.91. The molecule has 0 bridgehead atoms. The van der Waals surface area contributed by atoms with E-state index >= 15 is 0 Å². The molecule has 0 amide bonds. The second kappa shape index (κ2) is 5.80. The minimum atomic E-state index is -0.370. The predicted octanol–water partition coefficient (Wildman–Crippen LogP) is 3.72. The molecular weight excluding hydrogens is 296 g/mol. The zero-order chi connectivity index (χ0) is 15.0. The summed E-state index contributed by atoms with van der Waals surface area (Å²) in [6.45, 7) is 3.94. The Labute approximate surface area is 135 Å². The summed E-state index contributed by atoms with van der Waals surface area (Å²) >= 11 is 0. The van der Waals surface area contributed by atoms with Gasteiger partial charge in [-0.15, -0.1) is 12.4 Å². The van der Waals surface area contributed by atoms with E-state index in [1.54, 1.807) is 6.20 Å². The number of nitriles is 1. The van der Waals surface area contributed by atoms with Crippen LogP contribution in [0.3, 0.4) is 0 Å². The number of hydrogen-bond acceptors (Lipinski definition) is 3. The number of H-pyrrole nitrogens is 1. The molecule has 0 aliphatic rings. The lowest BCUT2D eigenvalue weighted by Crippen LogP contribution is -2.28. The lowest BCUT2D eigenvalue weighted by atomic mass is 9.92. The van der Waals surface area contributed by atoms with Crippen molar-refractivity contribution in [3.63, 3.8) is 0 Å². The summed E-state index contributed by atoms with van der Waals surface area (Å²) < 4.78 is 0. The van der Waals surface area contributed by atoms with Gasteiger partial charge in [-0.25, -0.2) is 0 Å². The molecule has 1 heterocycles. The zero-order valence-corrected chi connectivity index (χ0v) is 13.2. The molecule has 0 radical (unpaired) electrons. The monoisotopic (exact) mass is 312 g/mol. The molecule has 5 heteroatoms. The first-order valence-corrected chi connectivity index (χ1v) is 6.76. The van der Waals surface area contributed by atoms with Crippen LogP contribution in [-0.2, 0) is 5.54 Å². The van der Waals surface area contributed by atoms with Crippen molar-refractivity contribution in [3.05, 3.63) is 53.7 Å². The van der Waals surface area contributed by atoms with Gasteiger partial charge in [-0.2, -0.15) is 10.4 Å². The number of nitrogens with zero attached hydrogens (tertiary/aromatic N) is 2. The van der Waals surface area contributed by atoms with Crippen molar-refractivity contribution in [2.24, 2.45) is 5.73 Å². The van der Waals surface area contributed by atoms with Crippen LogP contribution in [-0.4, -0.2) is 10.2 Å². The summed E-state index contributed by atoms with van der Waals surface area (Å²) in [4.78, 5) is 0. The lowest BCUT2D eigenvalue weighted by molar-refractivity contribution is 0.554. The van der Waals surface area contributed by atoms with Gasteiger partial charge >= 0.3 is 0 Å². The van der Waals surface area contributed by atoms with E-state index in [1.807, 2.05) is 50.2 Å². The Balaban J connectivity index is 0.00000176. The van der Waals surface area contributed by atoms with Gasteiger partial charge < -0.3 is 5.73 Å². The average Bonchev–Trinajstić information content (AvgIpc) is 2.94. The van der Waals surface area contributed by atoms with Crippen molar-refractivity contribution in [1.82, 2.24) is 10.2 Å². The second-order valence-corrected chi connectivity index (χ2v) is 5.73. The molecule has 0 aliphatic heterocycles. The van der Waals surface area contributed by atoms with Crippen molar-refractivity contribution in [2.45, 2.75) is 19.4 Å². The maximum absolute atomic E-state index is 9.47. The molecule has 0 saturated heterocycles. The topological polar surface area (TPSA) is 78.5 Å². The van der Waals surface area contributed by atoms with E-state index in [1.165, 1.54) is 0 Å². The quantitative estimate of drug-likeness (QED) is 0.757. The van der Waals surface area contributed by atoms with Crippen LogP contribution in [0.1, 0.15) is 25.0 Å². The molecule has 3 rings (SSSR count). The van der Waals surface area contributed by atoms with Crippen molar-refractivity contribution in [3.8, 4) is 17.2 Å². The fraction of sp³-hybridized carbons (Fsp3) is 0.176. The molecule has 112 valence electrons. The molecule has 3 N–H and O–H groups in total. The molecule has 22 heavy (non-hydrogen) atoms. The third-order valence-corrected chi connectivity index (χ3v) is 3.68.